The molecule has 1 atom stereocenters. The van der Waals surface area contributed by atoms with Crippen LogP contribution in [0.15, 0.2) is 55.0 Å². The van der Waals surface area contributed by atoms with Crippen molar-refractivity contribution >= 4 is 15.9 Å². The number of carbonyl (C=O) groups excluding carboxylic acids is 1. The van der Waals surface area contributed by atoms with Crippen LogP contribution in [0.2, 0.25) is 0 Å². The van der Waals surface area contributed by atoms with E-state index in [4.69, 9.17) is 9.47 Å². The number of hydrogen-bond acceptors (Lipinski definition) is 8. The van der Waals surface area contributed by atoms with Gasteiger partial charge in [-0.3, -0.25) is 14.5 Å². The summed E-state index contributed by atoms with van der Waals surface area (Å²) >= 11 is 0. The summed E-state index contributed by atoms with van der Waals surface area (Å²) in [5, 5.41) is 8.30. The molecule has 0 spiro atoms. The Morgan fingerprint density at radius 3 is 2.43 bits per heavy atom. The molecule has 0 N–H and O–H groups in total. The highest BCUT2D eigenvalue weighted by Crippen LogP contribution is 2.23. The van der Waals surface area contributed by atoms with Gasteiger partial charge < -0.3 is 14.4 Å². The number of rotatable bonds is 8. The maximum absolute atomic E-state index is 13.3. The molecule has 5 rings (SSSR count). The molecule has 0 saturated carbocycles. The van der Waals surface area contributed by atoms with Gasteiger partial charge in [-0.2, -0.15) is 4.31 Å². The second-order valence-corrected chi connectivity index (χ2v) is 11.2. The maximum Gasteiger partial charge on any atom is 0.241 e. The molecule has 196 valence electrons. The number of pyridine rings is 1. The Morgan fingerprint density at radius 2 is 1.70 bits per heavy atom. The first-order valence-corrected chi connectivity index (χ1v) is 13.9. The van der Waals surface area contributed by atoms with Crippen molar-refractivity contribution in [2.24, 2.45) is 0 Å². The molecule has 37 heavy (non-hydrogen) atoms. The number of amides is 1. The van der Waals surface area contributed by atoms with Crippen molar-refractivity contribution in [3.8, 4) is 11.1 Å². The predicted molar refractivity (Wildman–Crippen MR) is 134 cm³/mol. The molecular formula is C25H30N6O5S. The van der Waals surface area contributed by atoms with Gasteiger partial charge in [-0.05, 0) is 35.7 Å². The average molecular weight is 527 g/mol. The van der Waals surface area contributed by atoms with E-state index in [0.29, 0.717) is 31.9 Å². The molecule has 1 amide bonds. The van der Waals surface area contributed by atoms with Gasteiger partial charge in [0.15, 0.2) is 6.29 Å². The van der Waals surface area contributed by atoms with Crippen molar-refractivity contribution in [3.05, 3.63) is 66.2 Å². The summed E-state index contributed by atoms with van der Waals surface area (Å²) in [6, 6.07) is 10.7. The topological polar surface area (TPSA) is 120 Å². The Labute approximate surface area is 216 Å². The van der Waals surface area contributed by atoms with E-state index in [2.05, 4.69) is 15.3 Å². The highest BCUT2D eigenvalue weighted by atomic mass is 32.2. The van der Waals surface area contributed by atoms with Crippen LogP contribution in [-0.2, 0) is 43.9 Å². The fourth-order valence-corrected chi connectivity index (χ4v) is 6.13. The van der Waals surface area contributed by atoms with Crippen LogP contribution < -0.4 is 0 Å². The number of carbonyl (C=O) groups is 1. The van der Waals surface area contributed by atoms with E-state index < -0.39 is 16.1 Å². The van der Waals surface area contributed by atoms with Crippen LogP contribution in [-0.4, -0.2) is 81.4 Å². The van der Waals surface area contributed by atoms with Gasteiger partial charge in [0.05, 0.1) is 31.7 Å². The summed E-state index contributed by atoms with van der Waals surface area (Å²) in [5.74, 6) is -0.403. The Morgan fingerprint density at radius 1 is 1.00 bits per heavy atom. The minimum atomic E-state index is -3.65. The number of sulfonamides is 1. The summed E-state index contributed by atoms with van der Waals surface area (Å²) in [6.07, 6.45) is 5.65. The molecule has 2 aliphatic rings. The highest BCUT2D eigenvalue weighted by Gasteiger charge is 2.38. The molecular weight excluding hydrogens is 496 g/mol. The first kappa shape index (κ1) is 25.5. The van der Waals surface area contributed by atoms with Gasteiger partial charge in [0.2, 0.25) is 15.9 Å². The molecule has 2 aromatic heterocycles. The molecule has 11 nitrogen and oxygen atoms in total. The molecule has 1 unspecified atom stereocenters. The third-order valence-electron chi connectivity index (χ3n) is 6.61. The summed E-state index contributed by atoms with van der Waals surface area (Å²) in [6.45, 7) is 3.83. The van der Waals surface area contributed by atoms with Crippen LogP contribution >= 0.6 is 0 Å². The van der Waals surface area contributed by atoms with E-state index in [9.17, 15) is 13.2 Å². The van der Waals surface area contributed by atoms with Crippen LogP contribution in [0.5, 0.6) is 0 Å². The molecule has 3 aromatic rings. The lowest BCUT2D eigenvalue weighted by atomic mass is 10.1. The summed E-state index contributed by atoms with van der Waals surface area (Å²) in [7, 11) is -3.65. The van der Waals surface area contributed by atoms with Crippen LogP contribution in [0.1, 0.15) is 24.6 Å². The summed E-state index contributed by atoms with van der Waals surface area (Å²) < 4.78 is 40.2. The van der Waals surface area contributed by atoms with Gasteiger partial charge in [0.1, 0.15) is 11.7 Å². The molecule has 2 aliphatic heterocycles. The average Bonchev–Trinajstić information content (AvgIpc) is 3.59. The molecule has 1 aromatic carbocycles. The maximum atomic E-state index is 13.3. The largest absolute Gasteiger partial charge is 0.350 e. The normalized spacial score (nSPS) is 20.8. The lowest BCUT2D eigenvalue weighted by Gasteiger charge is -2.26. The Bertz CT molecular complexity index is 1310. The van der Waals surface area contributed by atoms with Crippen LogP contribution in [0, 0.1) is 0 Å². The number of aromatic nitrogens is 4. The van der Waals surface area contributed by atoms with E-state index in [-0.39, 0.29) is 37.6 Å². The zero-order valence-electron chi connectivity index (χ0n) is 20.6. The van der Waals surface area contributed by atoms with Crippen molar-refractivity contribution in [3.63, 3.8) is 0 Å². The van der Waals surface area contributed by atoms with Crippen molar-refractivity contribution in [1.82, 2.24) is 29.2 Å². The van der Waals surface area contributed by atoms with Gasteiger partial charge in [-0.25, -0.2) is 8.42 Å². The Hall–Kier alpha value is -3.19. The van der Waals surface area contributed by atoms with Gasteiger partial charge in [0, 0.05) is 38.4 Å². The standard InChI is InChI=1S/C25H30N6O5S/c1-19-25(32)29(17-23-18-30(28-27-23)11-8-24-35-13-14-36-24)12-15-37(33,34)31(19)16-20-2-4-21(5-3-20)22-6-9-26-10-7-22/h2-7,9-10,18-19,24H,8,11-17H2,1H3. The van der Waals surface area contributed by atoms with E-state index in [1.807, 2.05) is 36.4 Å². The third kappa shape index (κ3) is 6.04. The second kappa shape index (κ2) is 11.1. The lowest BCUT2D eigenvalue weighted by molar-refractivity contribution is -0.134. The van der Waals surface area contributed by atoms with E-state index in [0.717, 1.165) is 16.7 Å². The number of hydrogen-bond donors (Lipinski definition) is 0. The monoisotopic (exact) mass is 526 g/mol. The van der Waals surface area contributed by atoms with Crippen LogP contribution in [0.4, 0.5) is 0 Å². The van der Waals surface area contributed by atoms with Crippen LogP contribution in [0.25, 0.3) is 11.1 Å². The van der Waals surface area contributed by atoms with Gasteiger partial charge in [-0.15, -0.1) is 5.10 Å². The minimum Gasteiger partial charge on any atom is -0.350 e. The first-order chi connectivity index (χ1) is 17.9. The Kier molecular flexibility index (Phi) is 7.60. The smallest absolute Gasteiger partial charge is 0.241 e. The fourth-order valence-electron chi connectivity index (χ4n) is 4.53. The molecule has 2 saturated heterocycles. The molecule has 4 heterocycles. The number of ether oxygens (including phenoxy) is 2. The summed E-state index contributed by atoms with van der Waals surface area (Å²) in [5.41, 5.74) is 3.45. The number of nitrogens with zero attached hydrogens (tertiary/aromatic N) is 6. The molecule has 0 radical (unpaired) electrons. The quantitative estimate of drug-likeness (QED) is 0.435. The molecule has 12 heteroatoms. The van der Waals surface area contributed by atoms with Gasteiger partial charge in [0.25, 0.3) is 0 Å². The number of aryl methyl sites for hydroxylation is 1. The van der Waals surface area contributed by atoms with Crippen molar-refractivity contribution in [2.75, 3.05) is 25.5 Å². The van der Waals surface area contributed by atoms with Gasteiger partial charge in [-0.1, -0.05) is 29.5 Å². The van der Waals surface area contributed by atoms with Crippen molar-refractivity contribution < 1.29 is 22.7 Å². The third-order valence-corrected chi connectivity index (χ3v) is 8.47. The fraction of sp³-hybridized carbons (Fsp3) is 0.440. The molecule has 0 bridgehead atoms. The molecule has 0 aliphatic carbocycles. The Balaban J connectivity index is 1.24. The highest BCUT2D eigenvalue weighted by molar-refractivity contribution is 7.89. The van der Waals surface area contributed by atoms with Crippen molar-refractivity contribution in [1.29, 1.82) is 0 Å². The van der Waals surface area contributed by atoms with Crippen molar-refractivity contribution in [2.45, 2.75) is 45.3 Å². The second-order valence-electron chi connectivity index (χ2n) is 9.16. The first-order valence-electron chi connectivity index (χ1n) is 12.3. The van der Waals surface area contributed by atoms with E-state index >= 15 is 0 Å². The van der Waals surface area contributed by atoms with E-state index in [1.165, 1.54) is 4.31 Å². The SMILES string of the molecule is CC1C(=O)N(Cc2cn(CCC3OCCO3)nn2)CCS(=O)(=O)N1Cc1ccc(-c2ccncc2)cc1. The van der Waals surface area contributed by atoms with E-state index in [1.54, 1.807) is 35.1 Å². The number of benzene rings is 1. The summed E-state index contributed by atoms with van der Waals surface area (Å²) in [4.78, 5) is 18.9. The van der Waals surface area contributed by atoms with Crippen LogP contribution in [0.3, 0.4) is 0 Å². The lowest BCUT2D eigenvalue weighted by Crippen LogP contribution is -2.45. The van der Waals surface area contributed by atoms with Gasteiger partial charge >= 0.3 is 0 Å². The zero-order chi connectivity index (χ0) is 25.8. The zero-order valence-corrected chi connectivity index (χ0v) is 21.5. The predicted octanol–water partition coefficient (Wildman–Crippen LogP) is 1.67. The molecule has 2 fully saturated rings. The minimum absolute atomic E-state index is 0.0968.